The van der Waals surface area contributed by atoms with Crippen LogP contribution in [0.3, 0.4) is 0 Å². The summed E-state index contributed by atoms with van der Waals surface area (Å²) < 4.78 is 5.81. The molecule has 39 heavy (non-hydrogen) atoms. The Labute approximate surface area is 227 Å². The van der Waals surface area contributed by atoms with Crippen molar-refractivity contribution in [3.63, 3.8) is 0 Å². The molecule has 1 aromatic rings. The smallest absolute Gasteiger partial charge is 0.329 e. The molecule has 0 bridgehead atoms. The summed E-state index contributed by atoms with van der Waals surface area (Å²) in [4.78, 5) is 42.0. The van der Waals surface area contributed by atoms with E-state index in [9.17, 15) is 19.5 Å². The summed E-state index contributed by atoms with van der Waals surface area (Å²) in [5.41, 5.74) is 7.11. The molecule has 10 heteroatoms. The first kappa shape index (κ1) is 30.5. The lowest BCUT2D eigenvalue weighted by Gasteiger charge is -2.17. The lowest BCUT2D eigenvalue weighted by molar-refractivity contribution is -0.148. The number of allylic oxidation sites excluding steroid dienone is 10. The van der Waals surface area contributed by atoms with Crippen molar-refractivity contribution in [1.29, 1.82) is 0 Å². The summed E-state index contributed by atoms with van der Waals surface area (Å²) in [5.74, 6) is -2.97. The van der Waals surface area contributed by atoms with Gasteiger partial charge in [-0.05, 0) is 39.0 Å². The molecule has 4 atom stereocenters. The SMILES string of the molecule is CC(C=CC=CC=CC=CC=C(C)C(=O)NC(C(=O)O)C(O)C(N)=O)=CC1N=C(C=Cc2ccc[nH]2)OC1C. The highest BCUT2D eigenvalue weighted by Gasteiger charge is 2.32. The number of nitrogens with two attached hydrogens (primary N) is 1. The van der Waals surface area contributed by atoms with E-state index >= 15 is 0 Å². The number of aromatic amines is 1. The average Bonchev–Trinajstić information content (AvgIpc) is 3.53. The second kappa shape index (κ2) is 15.5. The molecule has 1 aromatic heterocycles. The number of hydrogen-bond acceptors (Lipinski definition) is 6. The van der Waals surface area contributed by atoms with Crippen LogP contribution in [0.25, 0.3) is 6.08 Å². The average molecular weight is 535 g/mol. The molecule has 2 heterocycles. The molecule has 0 fully saturated rings. The van der Waals surface area contributed by atoms with Crippen molar-refractivity contribution in [3.8, 4) is 0 Å². The number of aliphatic imine (C=N–C) groups is 1. The Kier molecular flexibility index (Phi) is 12.2. The number of carboxylic acid groups (broad SMARTS) is 1. The van der Waals surface area contributed by atoms with Gasteiger partial charge in [0.25, 0.3) is 0 Å². The standard InChI is InChI=1S/C29H34N4O6/c1-19(18-23-21(3)39-24(32-23)16-15-22-14-11-17-31-22)12-9-7-5-4-6-8-10-13-20(2)28(36)33-25(29(37)38)26(34)27(30)35/h4-18,21,23,25-26,31,34H,1-3H3,(H2,30,35)(H,33,36)(H,37,38). The Bertz CT molecular complexity index is 1250. The van der Waals surface area contributed by atoms with Crippen LogP contribution in [0.4, 0.5) is 0 Å². The number of H-pyrrole nitrogens is 1. The second-order valence-electron chi connectivity index (χ2n) is 8.65. The third-order valence-electron chi connectivity index (χ3n) is 5.42. The van der Waals surface area contributed by atoms with Gasteiger partial charge in [0.1, 0.15) is 12.1 Å². The van der Waals surface area contributed by atoms with E-state index in [1.807, 2.05) is 68.6 Å². The van der Waals surface area contributed by atoms with Gasteiger partial charge in [-0.2, -0.15) is 0 Å². The van der Waals surface area contributed by atoms with E-state index in [0.29, 0.717) is 5.90 Å². The molecule has 6 N–H and O–H groups in total. The maximum atomic E-state index is 12.1. The number of carbonyl (C=O) groups excluding carboxylic acids is 2. The molecule has 0 aromatic carbocycles. The molecule has 0 aliphatic carbocycles. The molecule has 1 aliphatic heterocycles. The molecule has 206 valence electrons. The first-order valence-corrected chi connectivity index (χ1v) is 12.2. The molecule has 2 amide bonds. The fourth-order valence-corrected chi connectivity index (χ4v) is 3.23. The van der Waals surface area contributed by atoms with Crippen molar-refractivity contribution in [2.45, 2.75) is 45.1 Å². The van der Waals surface area contributed by atoms with Gasteiger partial charge < -0.3 is 31.0 Å². The summed E-state index contributed by atoms with van der Waals surface area (Å²) in [7, 11) is 0. The van der Waals surface area contributed by atoms with Crippen LogP contribution in [0.2, 0.25) is 0 Å². The van der Waals surface area contributed by atoms with E-state index in [-0.39, 0.29) is 17.7 Å². The molecular formula is C29H34N4O6. The Morgan fingerprint density at radius 3 is 2.38 bits per heavy atom. The summed E-state index contributed by atoms with van der Waals surface area (Å²) in [6, 6.07) is 1.99. The van der Waals surface area contributed by atoms with Gasteiger partial charge in [0.05, 0.1) is 0 Å². The number of rotatable bonds is 13. The number of aliphatic hydroxyl groups excluding tert-OH is 1. The van der Waals surface area contributed by atoms with Crippen LogP contribution < -0.4 is 11.1 Å². The van der Waals surface area contributed by atoms with Crippen LogP contribution in [0.1, 0.15) is 26.5 Å². The van der Waals surface area contributed by atoms with Crippen LogP contribution in [-0.2, 0) is 19.1 Å². The van der Waals surface area contributed by atoms with Gasteiger partial charge in [0.15, 0.2) is 12.1 Å². The number of aromatic nitrogens is 1. The maximum absolute atomic E-state index is 12.1. The molecule has 10 nitrogen and oxygen atoms in total. The third-order valence-corrected chi connectivity index (χ3v) is 5.42. The van der Waals surface area contributed by atoms with Gasteiger partial charge in [-0.25, -0.2) is 9.79 Å². The first-order chi connectivity index (χ1) is 18.6. The minimum atomic E-state index is -2.04. The molecule has 0 saturated heterocycles. The Hall–Kier alpha value is -4.70. The van der Waals surface area contributed by atoms with Gasteiger partial charge in [-0.15, -0.1) is 0 Å². The van der Waals surface area contributed by atoms with E-state index < -0.39 is 29.9 Å². The molecule has 0 saturated carbocycles. The molecule has 0 radical (unpaired) electrons. The van der Waals surface area contributed by atoms with Gasteiger partial charge in [0.2, 0.25) is 17.7 Å². The Balaban J connectivity index is 1.82. The van der Waals surface area contributed by atoms with Crippen molar-refractivity contribution >= 4 is 29.8 Å². The number of nitrogens with one attached hydrogen (secondary N) is 2. The van der Waals surface area contributed by atoms with Crippen molar-refractivity contribution in [1.82, 2.24) is 10.3 Å². The zero-order valence-electron chi connectivity index (χ0n) is 22.0. The fourth-order valence-electron chi connectivity index (χ4n) is 3.23. The monoisotopic (exact) mass is 534 g/mol. The topological polar surface area (TPSA) is 167 Å². The van der Waals surface area contributed by atoms with Crippen LogP contribution in [0.15, 0.2) is 101 Å². The van der Waals surface area contributed by atoms with Crippen molar-refractivity contribution in [2.24, 2.45) is 10.7 Å². The number of amides is 2. The fraction of sp³-hybridized carbons (Fsp3) is 0.241. The first-order valence-electron chi connectivity index (χ1n) is 12.2. The third kappa shape index (κ3) is 10.7. The highest BCUT2D eigenvalue weighted by Crippen LogP contribution is 2.17. The van der Waals surface area contributed by atoms with Crippen molar-refractivity contribution < 1.29 is 29.3 Å². The largest absolute Gasteiger partial charge is 0.480 e. The summed E-state index contributed by atoms with van der Waals surface area (Å²) >= 11 is 0. The van der Waals surface area contributed by atoms with Gasteiger partial charge >= 0.3 is 5.97 Å². The van der Waals surface area contributed by atoms with E-state index in [1.165, 1.54) is 13.0 Å². The number of ether oxygens (including phenoxy) is 1. The number of aliphatic hydroxyl groups is 1. The van der Waals surface area contributed by atoms with Crippen LogP contribution in [0, 0.1) is 0 Å². The van der Waals surface area contributed by atoms with E-state index in [4.69, 9.17) is 15.6 Å². The molecule has 1 aliphatic rings. The molecule has 4 unspecified atom stereocenters. The normalized spacial score (nSPS) is 20.3. The van der Waals surface area contributed by atoms with Crippen molar-refractivity contribution in [3.05, 3.63) is 102 Å². The lowest BCUT2D eigenvalue weighted by Crippen LogP contribution is -2.53. The van der Waals surface area contributed by atoms with Crippen molar-refractivity contribution in [2.75, 3.05) is 0 Å². The van der Waals surface area contributed by atoms with Gasteiger partial charge in [-0.3, -0.25) is 9.59 Å². The van der Waals surface area contributed by atoms with E-state index in [0.717, 1.165) is 11.3 Å². The molecular weight excluding hydrogens is 500 g/mol. The van der Waals surface area contributed by atoms with Gasteiger partial charge in [0, 0.05) is 23.5 Å². The number of carbonyl (C=O) groups is 3. The summed E-state index contributed by atoms with van der Waals surface area (Å²) in [5, 5.41) is 20.7. The van der Waals surface area contributed by atoms with E-state index in [1.54, 1.807) is 24.3 Å². The van der Waals surface area contributed by atoms with Crippen LogP contribution in [-0.4, -0.2) is 63.2 Å². The van der Waals surface area contributed by atoms with Crippen LogP contribution >= 0.6 is 0 Å². The predicted molar refractivity (Wildman–Crippen MR) is 150 cm³/mol. The van der Waals surface area contributed by atoms with Crippen LogP contribution in [0.5, 0.6) is 0 Å². The zero-order valence-corrected chi connectivity index (χ0v) is 22.0. The van der Waals surface area contributed by atoms with Gasteiger partial charge in [-0.1, -0.05) is 66.3 Å². The quantitative estimate of drug-likeness (QED) is 0.193. The Morgan fingerprint density at radius 1 is 1.10 bits per heavy atom. The number of carboxylic acids is 1. The number of nitrogens with zero attached hydrogens (tertiary/aromatic N) is 1. The maximum Gasteiger partial charge on any atom is 0.329 e. The summed E-state index contributed by atoms with van der Waals surface area (Å²) in [6.45, 7) is 5.44. The number of hydrogen-bond donors (Lipinski definition) is 5. The summed E-state index contributed by atoms with van der Waals surface area (Å²) in [6.07, 6.45) is 21.5. The zero-order chi connectivity index (χ0) is 28.8. The predicted octanol–water partition coefficient (Wildman–Crippen LogP) is 2.75. The minimum absolute atomic E-state index is 0.0500. The lowest BCUT2D eigenvalue weighted by atomic mass is 10.1. The van der Waals surface area contributed by atoms with E-state index in [2.05, 4.69) is 21.4 Å². The second-order valence-corrected chi connectivity index (χ2v) is 8.65. The number of primary amides is 1. The minimum Gasteiger partial charge on any atom is -0.480 e. The number of aliphatic carboxylic acids is 1. The molecule has 2 rings (SSSR count). The highest BCUT2D eigenvalue weighted by molar-refractivity contribution is 5.97. The molecule has 0 spiro atoms. The Morgan fingerprint density at radius 2 is 1.77 bits per heavy atom. The highest BCUT2D eigenvalue weighted by atomic mass is 16.5.